The van der Waals surface area contributed by atoms with E-state index in [1.165, 1.54) is 0 Å². The highest BCUT2D eigenvalue weighted by molar-refractivity contribution is 5.94. The van der Waals surface area contributed by atoms with Crippen LogP contribution in [0, 0.1) is 26.7 Å². The summed E-state index contributed by atoms with van der Waals surface area (Å²) in [6, 6.07) is 3.81. The van der Waals surface area contributed by atoms with Gasteiger partial charge in [-0.1, -0.05) is 6.07 Å². The van der Waals surface area contributed by atoms with Gasteiger partial charge in [0.2, 0.25) is 5.91 Å². The van der Waals surface area contributed by atoms with Gasteiger partial charge in [-0.05, 0) is 62.3 Å². The van der Waals surface area contributed by atoms with Gasteiger partial charge < -0.3 is 15.2 Å². The maximum Gasteiger partial charge on any atom is 0.270 e. The molecule has 1 aliphatic heterocycles. The quantitative estimate of drug-likeness (QED) is 0.852. The number of piperidine rings is 1. The molecule has 27 heavy (non-hydrogen) atoms. The standard InChI is InChI=1S/C21H28N4O2/c1-14-15(2)20(24-16(14)3)21(27)25-9-6-17(7-10-25)11-19(26)23-13-18-5-4-8-22-12-18/h4-5,8,12,17,24H,6-7,9-11,13H2,1-3H3,(H,23,26). The largest absolute Gasteiger partial charge is 0.354 e. The van der Waals surface area contributed by atoms with E-state index in [0.717, 1.165) is 35.2 Å². The van der Waals surface area contributed by atoms with E-state index < -0.39 is 0 Å². The average molecular weight is 368 g/mol. The lowest BCUT2D eigenvalue weighted by Crippen LogP contribution is -2.40. The number of carbonyl (C=O) groups is 2. The van der Waals surface area contributed by atoms with Crippen LogP contribution in [0.25, 0.3) is 0 Å². The lowest BCUT2D eigenvalue weighted by molar-refractivity contribution is -0.122. The molecule has 3 heterocycles. The van der Waals surface area contributed by atoms with Crippen LogP contribution in [0.15, 0.2) is 24.5 Å². The third-order valence-corrected chi connectivity index (χ3v) is 5.61. The van der Waals surface area contributed by atoms with Gasteiger partial charge in [0.05, 0.1) is 0 Å². The van der Waals surface area contributed by atoms with E-state index in [-0.39, 0.29) is 11.8 Å². The molecule has 1 aliphatic rings. The highest BCUT2D eigenvalue weighted by Crippen LogP contribution is 2.24. The monoisotopic (exact) mass is 368 g/mol. The predicted octanol–water partition coefficient (Wildman–Crippen LogP) is 2.89. The molecule has 0 aliphatic carbocycles. The molecule has 2 aromatic rings. The van der Waals surface area contributed by atoms with Crippen LogP contribution >= 0.6 is 0 Å². The number of hydrogen-bond acceptors (Lipinski definition) is 3. The smallest absolute Gasteiger partial charge is 0.270 e. The molecule has 0 aromatic carbocycles. The SMILES string of the molecule is Cc1[nH]c(C(=O)N2CCC(CC(=O)NCc3cccnc3)CC2)c(C)c1C. The number of aromatic nitrogens is 2. The minimum absolute atomic E-state index is 0.0649. The molecular formula is C21H28N4O2. The summed E-state index contributed by atoms with van der Waals surface area (Å²) in [5.41, 5.74) is 4.94. The number of pyridine rings is 1. The van der Waals surface area contributed by atoms with Crippen LogP contribution in [0.3, 0.4) is 0 Å². The number of nitrogens with one attached hydrogen (secondary N) is 2. The topological polar surface area (TPSA) is 78.1 Å². The summed E-state index contributed by atoms with van der Waals surface area (Å²) in [6.45, 7) is 7.94. The number of nitrogens with zero attached hydrogens (tertiary/aromatic N) is 2. The molecule has 144 valence electrons. The molecule has 2 N–H and O–H groups in total. The van der Waals surface area contributed by atoms with Crippen LogP contribution in [0.4, 0.5) is 0 Å². The van der Waals surface area contributed by atoms with Crippen molar-refractivity contribution >= 4 is 11.8 Å². The molecule has 0 radical (unpaired) electrons. The van der Waals surface area contributed by atoms with Gasteiger partial charge in [-0.3, -0.25) is 14.6 Å². The van der Waals surface area contributed by atoms with Crippen LogP contribution in [0.5, 0.6) is 0 Å². The van der Waals surface area contributed by atoms with Crippen LogP contribution in [-0.2, 0) is 11.3 Å². The Kier molecular flexibility index (Phi) is 5.94. The number of amides is 2. The number of carbonyl (C=O) groups excluding carboxylic acids is 2. The molecule has 0 bridgehead atoms. The van der Waals surface area contributed by atoms with Gasteiger partial charge in [0.1, 0.15) is 5.69 Å². The molecule has 0 spiro atoms. The van der Waals surface area contributed by atoms with Crippen molar-refractivity contribution < 1.29 is 9.59 Å². The molecule has 0 saturated carbocycles. The second-order valence-corrected chi connectivity index (χ2v) is 7.45. The van der Waals surface area contributed by atoms with Gasteiger partial charge in [0, 0.05) is 44.1 Å². The van der Waals surface area contributed by atoms with Crippen molar-refractivity contribution in [1.29, 1.82) is 0 Å². The lowest BCUT2D eigenvalue weighted by atomic mass is 9.93. The van der Waals surface area contributed by atoms with Gasteiger partial charge in [-0.15, -0.1) is 0 Å². The Morgan fingerprint density at radius 1 is 1.22 bits per heavy atom. The number of aromatic amines is 1. The van der Waals surface area contributed by atoms with E-state index in [0.29, 0.717) is 37.7 Å². The Bertz CT molecular complexity index is 805. The molecule has 3 rings (SSSR count). The maximum absolute atomic E-state index is 12.8. The second kappa shape index (κ2) is 8.37. The van der Waals surface area contributed by atoms with Crippen LogP contribution in [0.2, 0.25) is 0 Å². The summed E-state index contributed by atoms with van der Waals surface area (Å²) in [7, 11) is 0. The Labute approximate surface area is 160 Å². The number of likely N-dealkylation sites (tertiary alicyclic amines) is 1. The molecule has 6 heteroatoms. The zero-order chi connectivity index (χ0) is 19.4. The van der Waals surface area contributed by atoms with Crippen molar-refractivity contribution in [2.24, 2.45) is 5.92 Å². The highest BCUT2D eigenvalue weighted by Gasteiger charge is 2.27. The summed E-state index contributed by atoms with van der Waals surface area (Å²) in [4.78, 5) is 34.2. The van der Waals surface area contributed by atoms with Crippen molar-refractivity contribution in [2.75, 3.05) is 13.1 Å². The Balaban J connectivity index is 1.46. The molecule has 0 atom stereocenters. The maximum atomic E-state index is 12.8. The summed E-state index contributed by atoms with van der Waals surface area (Å²) >= 11 is 0. The zero-order valence-corrected chi connectivity index (χ0v) is 16.3. The molecule has 2 amide bonds. The Morgan fingerprint density at radius 2 is 1.96 bits per heavy atom. The molecule has 1 saturated heterocycles. The number of rotatable bonds is 5. The van der Waals surface area contributed by atoms with Crippen molar-refractivity contribution in [1.82, 2.24) is 20.2 Å². The first-order valence-electron chi connectivity index (χ1n) is 9.56. The Morgan fingerprint density at radius 3 is 2.56 bits per heavy atom. The van der Waals surface area contributed by atoms with Gasteiger partial charge >= 0.3 is 0 Å². The van der Waals surface area contributed by atoms with E-state index in [1.807, 2.05) is 37.8 Å². The number of aryl methyl sites for hydroxylation is 1. The van der Waals surface area contributed by atoms with E-state index in [4.69, 9.17) is 0 Å². The van der Waals surface area contributed by atoms with Crippen LogP contribution in [-0.4, -0.2) is 39.8 Å². The Hall–Kier alpha value is -2.63. The summed E-state index contributed by atoms with van der Waals surface area (Å²) in [5, 5.41) is 2.96. The fourth-order valence-electron chi connectivity index (χ4n) is 3.59. The normalized spacial score (nSPS) is 15.0. The fraction of sp³-hybridized carbons (Fsp3) is 0.476. The van der Waals surface area contributed by atoms with Crippen molar-refractivity contribution in [2.45, 2.75) is 46.6 Å². The van der Waals surface area contributed by atoms with Gasteiger partial charge in [0.15, 0.2) is 0 Å². The number of H-pyrrole nitrogens is 1. The van der Waals surface area contributed by atoms with Crippen molar-refractivity contribution in [3.05, 3.63) is 52.6 Å². The van der Waals surface area contributed by atoms with Crippen molar-refractivity contribution in [3.8, 4) is 0 Å². The first kappa shape index (κ1) is 19.1. The molecule has 1 fully saturated rings. The predicted molar refractivity (Wildman–Crippen MR) is 104 cm³/mol. The molecular weight excluding hydrogens is 340 g/mol. The summed E-state index contributed by atoms with van der Waals surface area (Å²) < 4.78 is 0. The third-order valence-electron chi connectivity index (χ3n) is 5.61. The van der Waals surface area contributed by atoms with E-state index in [2.05, 4.69) is 15.3 Å². The second-order valence-electron chi connectivity index (χ2n) is 7.45. The average Bonchev–Trinajstić information content (AvgIpc) is 2.94. The minimum atomic E-state index is 0.0649. The van der Waals surface area contributed by atoms with E-state index >= 15 is 0 Å². The van der Waals surface area contributed by atoms with Gasteiger partial charge in [-0.25, -0.2) is 0 Å². The summed E-state index contributed by atoms with van der Waals surface area (Å²) in [5.74, 6) is 0.467. The fourth-order valence-corrected chi connectivity index (χ4v) is 3.59. The molecule has 0 unspecified atom stereocenters. The molecule has 6 nitrogen and oxygen atoms in total. The van der Waals surface area contributed by atoms with Crippen LogP contribution < -0.4 is 5.32 Å². The first-order chi connectivity index (χ1) is 13.0. The first-order valence-corrected chi connectivity index (χ1v) is 9.56. The molecule has 2 aromatic heterocycles. The van der Waals surface area contributed by atoms with Crippen LogP contribution in [0.1, 0.15) is 52.1 Å². The zero-order valence-electron chi connectivity index (χ0n) is 16.3. The lowest BCUT2D eigenvalue weighted by Gasteiger charge is -2.31. The number of hydrogen-bond donors (Lipinski definition) is 2. The highest BCUT2D eigenvalue weighted by atomic mass is 16.2. The van der Waals surface area contributed by atoms with Gasteiger partial charge in [0.25, 0.3) is 5.91 Å². The van der Waals surface area contributed by atoms with E-state index in [9.17, 15) is 9.59 Å². The minimum Gasteiger partial charge on any atom is -0.354 e. The summed E-state index contributed by atoms with van der Waals surface area (Å²) in [6.07, 6.45) is 5.73. The van der Waals surface area contributed by atoms with Gasteiger partial charge in [-0.2, -0.15) is 0 Å². The third kappa shape index (κ3) is 4.56. The van der Waals surface area contributed by atoms with Crippen molar-refractivity contribution in [3.63, 3.8) is 0 Å². The van der Waals surface area contributed by atoms with E-state index in [1.54, 1.807) is 12.4 Å².